The third kappa shape index (κ3) is 3.49. The van der Waals surface area contributed by atoms with Crippen LogP contribution in [0.1, 0.15) is 38.8 Å². The molecule has 0 heterocycles. The summed E-state index contributed by atoms with van der Waals surface area (Å²) in [4.78, 5) is 0. The van der Waals surface area contributed by atoms with Crippen molar-refractivity contribution >= 4 is 23.6 Å². The molecule has 1 aliphatic rings. The topological polar surface area (TPSA) is 0 Å². The van der Waals surface area contributed by atoms with Gasteiger partial charge in [-0.05, 0) is 92.5 Å². The van der Waals surface area contributed by atoms with Gasteiger partial charge in [0.1, 0.15) is 11.6 Å². The van der Waals surface area contributed by atoms with Crippen molar-refractivity contribution in [3.63, 3.8) is 0 Å². The summed E-state index contributed by atoms with van der Waals surface area (Å²) in [5.74, 6) is -0.482. The minimum Gasteiger partial charge on any atom is -0.207 e. The molecule has 164 valence electrons. The zero-order chi connectivity index (χ0) is 23.2. The molecule has 0 fully saturated rings. The number of hydrogen-bond donors (Lipinski definition) is 0. The first-order valence-electron chi connectivity index (χ1n) is 11.1. The summed E-state index contributed by atoms with van der Waals surface area (Å²) in [5, 5.41) is 3.56. The van der Waals surface area contributed by atoms with Crippen LogP contribution in [0.4, 0.5) is 8.78 Å². The Morgan fingerprint density at radius 1 is 0.531 bits per heavy atom. The first-order valence-corrected chi connectivity index (χ1v) is 13.2. The second kappa shape index (κ2) is 8.29. The van der Waals surface area contributed by atoms with Gasteiger partial charge in [0, 0.05) is 5.54 Å². The molecular formula is C29H30F2Si. The lowest BCUT2D eigenvalue weighted by molar-refractivity contribution is 0.628. The fourth-order valence-corrected chi connectivity index (χ4v) is 11.7. The van der Waals surface area contributed by atoms with Gasteiger partial charge in [-0.2, -0.15) is 0 Å². The largest absolute Gasteiger partial charge is 0.207 e. The molecular weight excluding hydrogens is 414 g/mol. The molecule has 0 radical (unpaired) electrons. The van der Waals surface area contributed by atoms with E-state index in [2.05, 4.69) is 59.7 Å². The Balaban J connectivity index is 2.19. The predicted molar refractivity (Wildman–Crippen MR) is 134 cm³/mol. The molecule has 3 aromatic carbocycles. The first kappa shape index (κ1) is 22.4. The van der Waals surface area contributed by atoms with Crippen LogP contribution in [0, 0.1) is 25.5 Å². The third-order valence-corrected chi connectivity index (χ3v) is 12.7. The molecule has 0 bridgehead atoms. The molecule has 0 saturated heterocycles. The molecule has 4 rings (SSSR count). The number of halogens is 2. The standard InChI is InChI=1S/C29H30F2Si/c1-18-15-19(2)17-28(16-18)32(26-11-7-24(30)8-12-26,27-13-9-25(31)10-14-27)29-22(5)20(3)21(4)23(29)6/h7-17,29H,1-6H3. The van der Waals surface area contributed by atoms with Gasteiger partial charge >= 0.3 is 0 Å². The lowest BCUT2D eigenvalue weighted by Crippen LogP contribution is -2.70. The number of rotatable bonds is 4. The molecule has 0 amide bonds. The molecule has 0 spiro atoms. The van der Waals surface area contributed by atoms with Crippen LogP contribution >= 0.6 is 0 Å². The van der Waals surface area contributed by atoms with E-state index in [9.17, 15) is 8.78 Å². The van der Waals surface area contributed by atoms with Crippen LogP contribution in [0.15, 0.2) is 89.0 Å². The van der Waals surface area contributed by atoms with Gasteiger partial charge < -0.3 is 0 Å². The fourth-order valence-electron chi connectivity index (χ4n) is 5.63. The Kier molecular flexibility index (Phi) is 5.81. The highest BCUT2D eigenvalue weighted by Crippen LogP contribution is 2.46. The molecule has 1 aliphatic carbocycles. The summed E-state index contributed by atoms with van der Waals surface area (Å²) >= 11 is 0. The Hall–Kier alpha value is -2.78. The molecule has 0 saturated carbocycles. The van der Waals surface area contributed by atoms with E-state index in [0.717, 1.165) is 10.4 Å². The van der Waals surface area contributed by atoms with Crippen LogP contribution in [0.25, 0.3) is 0 Å². The quantitative estimate of drug-likeness (QED) is 0.336. The minimum absolute atomic E-state index is 0.180. The molecule has 0 aliphatic heterocycles. The van der Waals surface area contributed by atoms with Crippen molar-refractivity contribution in [2.45, 2.75) is 47.1 Å². The second-order valence-electron chi connectivity index (χ2n) is 9.25. The van der Waals surface area contributed by atoms with Crippen molar-refractivity contribution in [3.05, 3.63) is 112 Å². The van der Waals surface area contributed by atoms with E-state index in [0.29, 0.717) is 0 Å². The predicted octanol–water partition coefficient (Wildman–Crippen LogP) is 6.11. The van der Waals surface area contributed by atoms with Gasteiger partial charge in [0.2, 0.25) is 0 Å². The van der Waals surface area contributed by atoms with E-state index in [1.54, 1.807) is 24.3 Å². The summed E-state index contributed by atoms with van der Waals surface area (Å²) in [6.45, 7) is 13.1. The van der Waals surface area contributed by atoms with Crippen LogP contribution in [0.3, 0.4) is 0 Å². The summed E-state index contributed by atoms with van der Waals surface area (Å²) in [6.07, 6.45) is 0. The van der Waals surface area contributed by atoms with Gasteiger partial charge in [0.05, 0.1) is 0 Å². The average molecular weight is 445 g/mol. The SMILES string of the molecule is CC1=C(C)C([Si](c2ccc(F)cc2)(c2ccc(F)cc2)c2cc(C)cc(C)c2)C(C)=C1C. The van der Waals surface area contributed by atoms with E-state index in [1.165, 1.54) is 38.6 Å². The van der Waals surface area contributed by atoms with Crippen LogP contribution in [0.5, 0.6) is 0 Å². The van der Waals surface area contributed by atoms with E-state index in [-0.39, 0.29) is 17.2 Å². The third-order valence-electron chi connectivity index (χ3n) is 7.32. The van der Waals surface area contributed by atoms with E-state index < -0.39 is 8.07 Å². The highest BCUT2D eigenvalue weighted by Gasteiger charge is 2.50. The smallest absolute Gasteiger partial charge is 0.159 e. The van der Waals surface area contributed by atoms with Crippen molar-refractivity contribution in [3.8, 4) is 0 Å². The normalized spacial score (nSPS) is 15.1. The highest BCUT2D eigenvalue weighted by molar-refractivity contribution is 7.13. The molecule has 0 atom stereocenters. The molecule has 3 aromatic rings. The maximum atomic E-state index is 14.1. The Bertz CT molecular complexity index is 1140. The maximum Gasteiger partial charge on any atom is 0.159 e. The van der Waals surface area contributed by atoms with Gasteiger partial charge in [-0.25, -0.2) is 8.78 Å². The zero-order valence-electron chi connectivity index (χ0n) is 19.7. The Morgan fingerprint density at radius 3 is 1.28 bits per heavy atom. The van der Waals surface area contributed by atoms with Crippen LogP contribution in [-0.2, 0) is 0 Å². The molecule has 0 unspecified atom stereocenters. The van der Waals surface area contributed by atoms with E-state index in [1.807, 2.05) is 24.3 Å². The number of benzene rings is 3. The van der Waals surface area contributed by atoms with Crippen molar-refractivity contribution in [2.24, 2.45) is 0 Å². The van der Waals surface area contributed by atoms with Crippen LogP contribution in [0.2, 0.25) is 5.54 Å². The zero-order valence-corrected chi connectivity index (χ0v) is 20.7. The maximum absolute atomic E-state index is 14.1. The molecule has 32 heavy (non-hydrogen) atoms. The second-order valence-corrected chi connectivity index (χ2v) is 13.2. The lowest BCUT2D eigenvalue weighted by atomic mass is 10.1. The van der Waals surface area contributed by atoms with Gasteiger partial charge in [0.25, 0.3) is 0 Å². The summed E-state index contributed by atoms with van der Waals surface area (Å²) in [5.41, 5.74) is 7.97. The van der Waals surface area contributed by atoms with Crippen molar-refractivity contribution in [1.82, 2.24) is 0 Å². The average Bonchev–Trinajstić information content (AvgIpc) is 2.94. The van der Waals surface area contributed by atoms with E-state index >= 15 is 0 Å². The highest BCUT2D eigenvalue weighted by atomic mass is 28.3. The first-order chi connectivity index (χ1) is 15.2. The summed E-state index contributed by atoms with van der Waals surface area (Å²) in [7, 11) is -2.76. The number of hydrogen-bond acceptors (Lipinski definition) is 0. The fraction of sp³-hybridized carbons (Fsp3) is 0.241. The lowest BCUT2D eigenvalue weighted by Gasteiger charge is -2.41. The summed E-state index contributed by atoms with van der Waals surface area (Å²) in [6, 6.07) is 20.8. The monoisotopic (exact) mass is 444 g/mol. The minimum atomic E-state index is -2.76. The molecule has 0 nitrogen and oxygen atoms in total. The van der Waals surface area contributed by atoms with Crippen molar-refractivity contribution < 1.29 is 8.78 Å². The summed E-state index contributed by atoms with van der Waals surface area (Å²) < 4.78 is 28.1. The Labute approximate surface area is 191 Å². The van der Waals surface area contributed by atoms with Gasteiger partial charge in [-0.15, -0.1) is 0 Å². The number of allylic oxidation sites excluding steroid dienone is 4. The van der Waals surface area contributed by atoms with Crippen LogP contribution < -0.4 is 15.6 Å². The van der Waals surface area contributed by atoms with Crippen molar-refractivity contribution in [2.75, 3.05) is 0 Å². The molecule has 0 N–H and O–H groups in total. The Morgan fingerprint density at radius 2 is 0.906 bits per heavy atom. The number of aryl methyl sites for hydroxylation is 2. The van der Waals surface area contributed by atoms with E-state index in [4.69, 9.17) is 0 Å². The molecule has 3 heteroatoms. The van der Waals surface area contributed by atoms with Gasteiger partial charge in [-0.3, -0.25) is 0 Å². The van der Waals surface area contributed by atoms with Crippen LogP contribution in [-0.4, -0.2) is 8.07 Å². The van der Waals surface area contributed by atoms with Crippen molar-refractivity contribution in [1.29, 1.82) is 0 Å². The molecule has 0 aromatic heterocycles. The van der Waals surface area contributed by atoms with Gasteiger partial charge in [-0.1, -0.05) is 64.7 Å². The van der Waals surface area contributed by atoms with Gasteiger partial charge in [0.15, 0.2) is 8.07 Å².